The summed E-state index contributed by atoms with van der Waals surface area (Å²) in [5.41, 5.74) is 11.3. The monoisotopic (exact) mass is 487 g/mol. The zero-order valence-electron chi connectivity index (χ0n) is 20.7. The number of para-hydroxylation sites is 2. The van der Waals surface area contributed by atoms with Crippen molar-refractivity contribution in [3.63, 3.8) is 0 Å². The summed E-state index contributed by atoms with van der Waals surface area (Å²) in [7, 11) is 0. The van der Waals surface area contributed by atoms with Crippen LogP contribution in [0.3, 0.4) is 0 Å². The van der Waals surface area contributed by atoms with E-state index < -0.39 is 0 Å². The van der Waals surface area contributed by atoms with Crippen LogP contribution in [0.25, 0.3) is 43.7 Å². The minimum absolute atomic E-state index is 0.485. The van der Waals surface area contributed by atoms with E-state index in [0.29, 0.717) is 5.71 Å². The van der Waals surface area contributed by atoms with Crippen LogP contribution in [0.4, 0.5) is 5.69 Å². The molecule has 0 aliphatic carbocycles. The van der Waals surface area contributed by atoms with Gasteiger partial charge in [-0.25, -0.2) is 0 Å². The van der Waals surface area contributed by atoms with E-state index in [-0.39, 0.29) is 0 Å². The number of benzene rings is 6. The van der Waals surface area contributed by atoms with Crippen molar-refractivity contribution in [1.82, 2.24) is 4.68 Å². The van der Waals surface area contributed by atoms with Crippen molar-refractivity contribution in [3.05, 3.63) is 151 Å². The van der Waals surface area contributed by atoms with E-state index in [1.54, 1.807) is 0 Å². The van der Waals surface area contributed by atoms with Gasteiger partial charge in [-0.3, -0.25) is 15.5 Å². The highest BCUT2D eigenvalue weighted by Crippen LogP contribution is 2.35. The van der Waals surface area contributed by atoms with Crippen LogP contribution in [0.15, 0.2) is 140 Å². The summed E-state index contributed by atoms with van der Waals surface area (Å²) in [5, 5.41) is 14.0. The Kier molecular flexibility index (Phi) is 5.26. The van der Waals surface area contributed by atoms with E-state index in [4.69, 9.17) is 5.41 Å². The number of fused-ring (bicyclic) bond motifs is 5. The summed E-state index contributed by atoms with van der Waals surface area (Å²) in [6, 6.07) is 48.0. The van der Waals surface area contributed by atoms with Gasteiger partial charge < -0.3 is 0 Å². The Hall–Kier alpha value is -5.15. The molecule has 2 N–H and O–H groups in total. The van der Waals surface area contributed by atoms with Gasteiger partial charge in [0.15, 0.2) is 0 Å². The Bertz CT molecular complexity index is 1950. The van der Waals surface area contributed by atoms with Gasteiger partial charge in [0, 0.05) is 21.9 Å². The van der Waals surface area contributed by atoms with E-state index in [1.165, 1.54) is 27.1 Å². The zero-order chi connectivity index (χ0) is 25.5. The highest BCUT2D eigenvalue weighted by molar-refractivity contribution is 6.21. The number of hydrogen-bond acceptors (Lipinski definition) is 2. The molecule has 0 saturated heterocycles. The van der Waals surface area contributed by atoms with E-state index in [2.05, 4.69) is 95.0 Å². The quantitative estimate of drug-likeness (QED) is 0.234. The molecular formula is C35H25N3. The van der Waals surface area contributed by atoms with Gasteiger partial charge in [-0.05, 0) is 40.1 Å². The second-order valence-corrected chi connectivity index (χ2v) is 9.51. The standard InChI is InChI=1S/C35H25N3/c36-35(27-20-18-25(19-21-27)24-10-2-1-3-11-24)29-14-6-8-16-31(29)37-38-32-17-9-7-15-30(32)34-28-13-5-4-12-26(28)22-23-33(34)38/h1-23,36-37H. The molecule has 0 aliphatic heterocycles. The summed E-state index contributed by atoms with van der Waals surface area (Å²) in [5.74, 6) is 0. The Labute approximate surface area is 221 Å². The molecule has 3 heteroatoms. The van der Waals surface area contributed by atoms with Crippen molar-refractivity contribution in [2.75, 3.05) is 5.43 Å². The van der Waals surface area contributed by atoms with Crippen LogP contribution in [0, 0.1) is 5.41 Å². The van der Waals surface area contributed by atoms with Crippen LogP contribution in [-0.4, -0.2) is 10.4 Å². The lowest BCUT2D eigenvalue weighted by Gasteiger charge is -2.16. The first-order chi connectivity index (χ1) is 18.8. The van der Waals surface area contributed by atoms with Crippen molar-refractivity contribution in [2.45, 2.75) is 0 Å². The molecule has 0 atom stereocenters. The molecule has 38 heavy (non-hydrogen) atoms. The summed E-state index contributed by atoms with van der Waals surface area (Å²) >= 11 is 0. The molecule has 180 valence electrons. The molecule has 1 heterocycles. The lowest BCUT2D eigenvalue weighted by atomic mass is 9.98. The van der Waals surface area contributed by atoms with E-state index in [0.717, 1.165) is 33.4 Å². The van der Waals surface area contributed by atoms with Crippen LogP contribution in [0.2, 0.25) is 0 Å². The normalized spacial score (nSPS) is 11.3. The summed E-state index contributed by atoms with van der Waals surface area (Å²) in [4.78, 5) is 0. The molecule has 0 saturated carbocycles. The maximum Gasteiger partial charge on any atom is 0.0716 e. The topological polar surface area (TPSA) is 40.8 Å². The third-order valence-electron chi connectivity index (χ3n) is 7.27. The van der Waals surface area contributed by atoms with Gasteiger partial charge in [0.05, 0.1) is 22.4 Å². The first kappa shape index (κ1) is 22.1. The van der Waals surface area contributed by atoms with Gasteiger partial charge in [0.2, 0.25) is 0 Å². The molecular weight excluding hydrogens is 462 g/mol. The first-order valence-electron chi connectivity index (χ1n) is 12.8. The molecule has 0 bridgehead atoms. The highest BCUT2D eigenvalue weighted by atomic mass is 15.4. The molecule has 0 fully saturated rings. The smallest absolute Gasteiger partial charge is 0.0716 e. The van der Waals surface area contributed by atoms with Gasteiger partial charge in [0.25, 0.3) is 0 Å². The van der Waals surface area contributed by atoms with Gasteiger partial charge in [-0.1, -0.05) is 121 Å². The predicted molar refractivity (Wildman–Crippen MR) is 160 cm³/mol. The summed E-state index contributed by atoms with van der Waals surface area (Å²) in [6.07, 6.45) is 0. The third kappa shape index (κ3) is 3.64. The van der Waals surface area contributed by atoms with Crippen LogP contribution < -0.4 is 5.43 Å². The minimum Gasteiger partial charge on any atom is -0.300 e. The maximum absolute atomic E-state index is 9.10. The van der Waals surface area contributed by atoms with Gasteiger partial charge in [-0.2, -0.15) is 0 Å². The van der Waals surface area contributed by atoms with Crippen LogP contribution in [0.5, 0.6) is 0 Å². The largest absolute Gasteiger partial charge is 0.300 e. The molecule has 0 aliphatic rings. The number of nitrogens with one attached hydrogen (secondary N) is 2. The molecule has 0 radical (unpaired) electrons. The van der Waals surface area contributed by atoms with Gasteiger partial charge in [-0.15, -0.1) is 0 Å². The predicted octanol–water partition coefficient (Wildman–Crippen LogP) is 8.91. The summed E-state index contributed by atoms with van der Waals surface area (Å²) in [6.45, 7) is 0. The maximum atomic E-state index is 9.10. The van der Waals surface area contributed by atoms with Crippen molar-refractivity contribution in [2.24, 2.45) is 0 Å². The second kappa shape index (κ2) is 9.06. The van der Waals surface area contributed by atoms with Gasteiger partial charge in [0.1, 0.15) is 0 Å². The van der Waals surface area contributed by atoms with Crippen molar-refractivity contribution in [1.29, 1.82) is 5.41 Å². The van der Waals surface area contributed by atoms with E-state index >= 15 is 0 Å². The van der Waals surface area contributed by atoms with Crippen molar-refractivity contribution >= 4 is 44.0 Å². The molecule has 0 amide bonds. The lowest BCUT2D eigenvalue weighted by Crippen LogP contribution is -2.13. The second-order valence-electron chi connectivity index (χ2n) is 9.51. The lowest BCUT2D eigenvalue weighted by molar-refractivity contribution is 1.06. The van der Waals surface area contributed by atoms with E-state index in [1.807, 2.05) is 54.6 Å². The first-order valence-corrected chi connectivity index (χ1v) is 12.8. The number of nitrogens with zero attached hydrogens (tertiary/aromatic N) is 1. The number of anilines is 1. The third-order valence-corrected chi connectivity index (χ3v) is 7.27. The molecule has 6 aromatic carbocycles. The fourth-order valence-electron chi connectivity index (χ4n) is 5.39. The Morgan fingerprint density at radius 2 is 1.18 bits per heavy atom. The fraction of sp³-hybridized carbons (Fsp3) is 0. The molecule has 7 aromatic rings. The molecule has 7 rings (SSSR count). The molecule has 0 spiro atoms. The van der Waals surface area contributed by atoms with Crippen LogP contribution in [0.1, 0.15) is 11.1 Å². The van der Waals surface area contributed by atoms with E-state index in [9.17, 15) is 0 Å². The number of rotatable bonds is 5. The fourth-order valence-corrected chi connectivity index (χ4v) is 5.39. The van der Waals surface area contributed by atoms with Crippen molar-refractivity contribution < 1.29 is 0 Å². The average Bonchev–Trinajstić information content (AvgIpc) is 3.31. The molecule has 1 aromatic heterocycles. The molecule has 3 nitrogen and oxygen atoms in total. The highest BCUT2D eigenvalue weighted by Gasteiger charge is 2.16. The average molecular weight is 488 g/mol. The Balaban J connectivity index is 1.31. The number of hydrogen-bond donors (Lipinski definition) is 2. The van der Waals surface area contributed by atoms with Crippen molar-refractivity contribution in [3.8, 4) is 11.1 Å². The van der Waals surface area contributed by atoms with Crippen LogP contribution >= 0.6 is 0 Å². The minimum atomic E-state index is 0.485. The Morgan fingerprint density at radius 3 is 2.03 bits per heavy atom. The molecule has 0 unspecified atom stereocenters. The number of aromatic nitrogens is 1. The zero-order valence-corrected chi connectivity index (χ0v) is 20.7. The SMILES string of the molecule is N=C(c1ccc(-c2ccccc2)cc1)c1ccccc1Nn1c2ccccc2c2c3ccccc3ccc21. The summed E-state index contributed by atoms with van der Waals surface area (Å²) < 4.78 is 2.15. The van der Waals surface area contributed by atoms with Crippen LogP contribution in [-0.2, 0) is 0 Å². The Morgan fingerprint density at radius 1 is 0.526 bits per heavy atom. The van der Waals surface area contributed by atoms with Gasteiger partial charge >= 0.3 is 0 Å².